The molecule has 0 atom stereocenters. The molecule has 0 radical (unpaired) electrons. The average Bonchev–Trinajstić information content (AvgIpc) is 3.24. The second-order valence-electron chi connectivity index (χ2n) is 10.1. The fraction of sp³-hybridized carbons (Fsp3) is 0.0833. The molecule has 0 saturated heterocycles. The number of aliphatic hydroxyl groups is 1. The van der Waals surface area contributed by atoms with E-state index in [0.717, 1.165) is 55.7 Å². The van der Waals surface area contributed by atoms with E-state index in [9.17, 15) is 9.90 Å². The van der Waals surface area contributed by atoms with Gasteiger partial charge in [-0.1, -0.05) is 91.5 Å². The van der Waals surface area contributed by atoms with Crippen LogP contribution in [-0.4, -0.2) is 15.5 Å². The molecule has 0 amide bonds. The zero-order chi connectivity index (χ0) is 27.3. The average molecular weight is 508 g/mol. The van der Waals surface area contributed by atoms with Gasteiger partial charge in [-0.25, -0.2) is 0 Å². The Morgan fingerprint density at radius 3 is 2.05 bits per heavy atom. The summed E-state index contributed by atoms with van der Waals surface area (Å²) in [5.74, 6) is -0.120. The second-order valence-corrected chi connectivity index (χ2v) is 10.1. The lowest BCUT2D eigenvalue weighted by atomic mass is 9.76. The number of hydrogen-bond acceptors (Lipinski definition) is 2. The Morgan fingerprint density at radius 1 is 0.769 bits per heavy atom. The fourth-order valence-corrected chi connectivity index (χ4v) is 5.75. The van der Waals surface area contributed by atoms with E-state index in [1.807, 2.05) is 81.4 Å². The number of carbonyl (C=O) groups is 1. The number of ketones is 1. The fourth-order valence-electron chi connectivity index (χ4n) is 5.75. The minimum absolute atomic E-state index is 0.0340. The zero-order valence-electron chi connectivity index (χ0n) is 22.3. The first-order valence-electron chi connectivity index (χ1n) is 13.1. The number of fused-ring (bicyclic) bond motifs is 1. The molecule has 3 nitrogen and oxygen atoms in total. The number of nitrogens with zero attached hydrogens (tertiary/aromatic N) is 1. The number of aromatic nitrogens is 1. The van der Waals surface area contributed by atoms with Crippen molar-refractivity contribution in [1.82, 2.24) is 4.57 Å². The van der Waals surface area contributed by atoms with Crippen molar-refractivity contribution in [3.8, 4) is 16.8 Å². The molecule has 6 rings (SSSR count). The van der Waals surface area contributed by atoms with Gasteiger partial charge in [0.05, 0.1) is 16.7 Å². The molecule has 190 valence electrons. The third kappa shape index (κ3) is 3.86. The van der Waals surface area contributed by atoms with Crippen LogP contribution in [0.25, 0.3) is 38.9 Å². The number of hydrogen-bond donors (Lipinski definition) is 1. The van der Waals surface area contributed by atoms with Gasteiger partial charge in [0, 0.05) is 22.3 Å². The summed E-state index contributed by atoms with van der Waals surface area (Å²) >= 11 is 0. The van der Waals surface area contributed by atoms with Crippen molar-refractivity contribution in [1.29, 1.82) is 0 Å². The molecule has 0 unspecified atom stereocenters. The largest absolute Gasteiger partial charge is 0.506 e. The summed E-state index contributed by atoms with van der Waals surface area (Å²) in [6.07, 6.45) is 0. The molecule has 1 N–H and O–H groups in total. The Bertz CT molecular complexity index is 1850. The summed E-state index contributed by atoms with van der Waals surface area (Å²) in [6, 6.07) is 34.7. The maximum atomic E-state index is 13.8. The molecule has 1 heterocycles. The van der Waals surface area contributed by atoms with Crippen molar-refractivity contribution in [3.05, 3.63) is 149 Å². The third-order valence-electron chi connectivity index (χ3n) is 7.61. The van der Waals surface area contributed by atoms with Crippen LogP contribution in [0.5, 0.6) is 0 Å². The highest BCUT2D eigenvalue weighted by atomic mass is 16.3. The van der Waals surface area contributed by atoms with Crippen LogP contribution in [0.2, 0.25) is 0 Å². The molecular formula is C36H29NO2. The minimum atomic E-state index is -0.154. The van der Waals surface area contributed by atoms with Crippen LogP contribution in [0, 0.1) is 13.8 Å². The Labute approximate surface area is 228 Å². The molecule has 1 aromatic heterocycles. The van der Waals surface area contributed by atoms with Gasteiger partial charge >= 0.3 is 0 Å². The predicted molar refractivity (Wildman–Crippen MR) is 161 cm³/mol. The van der Waals surface area contributed by atoms with E-state index in [2.05, 4.69) is 53.6 Å². The molecule has 0 fully saturated rings. The lowest BCUT2D eigenvalue weighted by Crippen LogP contribution is -2.23. The maximum Gasteiger partial charge on any atom is 0.201 e. The molecule has 39 heavy (non-hydrogen) atoms. The Morgan fingerprint density at radius 2 is 1.38 bits per heavy atom. The summed E-state index contributed by atoms with van der Waals surface area (Å²) in [5, 5.41) is 12.4. The van der Waals surface area contributed by atoms with Crippen molar-refractivity contribution in [2.45, 2.75) is 20.8 Å². The van der Waals surface area contributed by atoms with Crippen molar-refractivity contribution >= 4 is 27.8 Å². The van der Waals surface area contributed by atoms with Crippen LogP contribution in [0.4, 0.5) is 0 Å². The Kier molecular flexibility index (Phi) is 5.92. The summed E-state index contributed by atoms with van der Waals surface area (Å²) in [4.78, 5) is 13.8. The summed E-state index contributed by atoms with van der Waals surface area (Å²) in [5.41, 5.74) is 10.1. The number of rotatable bonds is 5. The van der Waals surface area contributed by atoms with E-state index < -0.39 is 0 Å². The molecule has 0 spiro atoms. The third-order valence-corrected chi connectivity index (χ3v) is 7.61. The molecule has 1 aliphatic carbocycles. The number of carbonyl (C=O) groups excluding carboxylic acids is 1. The van der Waals surface area contributed by atoms with E-state index in [-0.39, 0.29) is 11.5 Å². The van der Waals surface area contributed by atoms with Crippen molar-refractivity contribution < 1.29 is 9.90 Å². The quantitative estimate of drug-likeness (QED) is 0.242. The van der Waals surface area contributed by atoms with E-state index in [1.54, 1.807) is 0 Å². The van der Waals surface area contributed by atoms with Crippen molar-refractivity contribution in [2.24, 2.45) is 0 Å². The lowest BCUT2D eigenvalue weighted by Gasteiger charge is -2.26. The summed E-state index contributed by atoms with van der Waals surface area (Å²) < 4.78 is 2.16. The van der Waals surface area contributed by atoms with Gasteiger partial charge in [0.2, 0.25) is 5.78 Å². The SMILES string of the molecule is C=C(C)/C(=C1/C(=O)C(c2c(C)n(-c3ccc(-c4ccccc4)cc3)c3ccccc23)=C1O)c1ccccc1C. The van der Waals surface area contributed by atoms with Gasteiger partial charge in [-0.2, -0.15) is 0 Å². The van der Waals surface area contributed by atoms with Crippen molar-refractivity contribution in [3.63, 3.8) is 0 Å². The van der Waals surface area contributed by atoms with Gasteiger partial charge in [0.1, 0.15) is 5.76 Å². The molecule has 1 aliphatic rings. The van der Waals surface area contributed by atoms with Crippen molar-refractivity contribution in [2.75, 3.05) is 0 Å². The molecule has 5 aromatic rings. The predicted octanol–water partition coefficient (Wildman–Crippen LogP) is 8.80. The summed E-state index contributed by atoms with van der Waals surface area (Å²) in [7, 11) is 0. The first-order valence-corrected chi connectivity index (χ1v) is 13.1. The van der Waals surface area contributed by atoms with Crippen LogP contribution in [0.3, 0.4) is 0 Å². The number of para-hydroxylation sites is 1. The van der Waals surface area contributed by atoms with Gasteiger partial charge < -0.3 is 9.67 Å². The molecule has 0 aliphatic heterocycles. The van der Waals surface area contributed by atoms with Gasteiger partial charge in [-0.15, -0.1) is 0 Å². The number of Topliss-reactive ketones (excluding diaryl/α,β-unsaturated/α-hetero) is 1. The van der Waals surface area contributed by atoms with Gasteiger partial charge in [-0.3, -0.25) is 4.79 Å². The number of aliphatic hydroxyl groups excluding tert-OH is 1. The second kappa shape index (κ2) is 9.45. The molecule has 4 aromatic carbocycles. The summed E-state index contributed by atoms with van der Waals surface area (Å²) in [6.45, 7) is 10.0. The monoisotopic (exact) mass is 507 g/mol. The molecular weight excluding hydrogens is 478 g/mol. The van der Waals surface area contributed by atoms with Gasteiger partial charge in [-0.05, 0) is 72.4 Å². The maximum absolute atomic E-state index is 13.8. The molecule has 3 heteroatoms. The van der Waals surface area contributed by atoms with Crippen LogP contribution >= 0.6 is 0 Å². The number of allylic oxidation sites excluding steroid dienone is 4. The number of aryl methyl sites for hydroxylation is 1. The minimum Gasteiger partial charge on any atom is -0.506 e. The Hall–Kier alpha value is -4.89. The normalized spacial score (nSPS) is 14.5. The standard InChI is InChI=1S/C36H29NO2/c1-22(2)31(28-15-9-8-12-23(28)3)33-35(38)34(36(33)39)32-24(4)37(30-17-11-10-16-29(30)32)27-20-18-26(19-21-27)25-13-6-5-7-14-25/h5-21,38H,1H2,2-4H3/b33-31-. The topological polar surface area (TPSA) is 42.2 Å². The smallest absolute Gasteiger partial charge is 0.201 e. The Balaban J connectivity index is 1.53. The van der Waals surface area contributed by atoms with Crippen LogP contribution in [0.1, 0.15) is 29.3 Å². The first kappa shape index (κ1) is 24.4. The van der Waals surface area contributed by atoms with Crippen LogP contribution in [-0.2, 0) is 4.79 Å². The first-order chi connectivity index (χ1) is 18.9. The van der Waals surface area contributed by atoms with E-state index in [0.29, 0.717) is 16.7 Å². The highest BCUT2D eigenvalue weighted by Crippen LogP contribution is 2.46. The highest BCUT2D eigenvalue weighted by molar-refractivity contribution is 6.43. The highest BCUT2D eigenvalue weighted by Gasteiger charge is 2.40. The van der Waals surface area contributed by atoms with Crippen LogP contribution in [0.15, 0.2) is 127 Å². The van der Waals surface area contributed by atoms with E-state index in [1.165, 1.54) is 0 Å². The number of benzene rings is 4. The zero-order valence-corrected chi connectivity index (χ0v) is 22.3. The van der Waals surface area contributed by atoms with Gasteiger partial charge in [0.15, 0.2) is 0 Å². The lowest BCUT2D eigenvalue weighted by molar-refractivity contribution is -0.111. The molecule has 0 saturated carbocycles. The van der Waals surface area contributed by atoms with E-state index >= 15 is 0 Å². The van der Waals surface area contributed by atoms with Crippen LogP contribution < -0.4 is 0 Å². The van der Waals surface area contributed by atoms with Gasteiger partial charge in [0.25, 0.3) is 0 Å². The van der Waals surface area contributed by atoms with E-state index in [4.69, 9.17) is 0 Å². The molecule has 0 bridgehead atoms.